The second-order valence-electron chi connectivity index (χ2n) is 5.53. The molecule has 3 rings (SSSR count). The molecule has 1 aromatic carbocycles. The van der Waals surface area contributed by atoms with Crippen molar-refractivity contribution in [3.8, 4) is 11.5 Å². The zero-order chi connectivity index (χ0) is 18.0. The van der Waals surface area contributed by atoms with E-state index in [1.807, 2.05) is 6.07 Å². The lowest BCUT2D eigenvalue weighted by molar-refractivity contribution is -0.711. The van der Waals surface area contributed by atoms with Crippen molar-refractivity contribution in [2.75, 3.05) is 7.11 Å². The molecule has 25 heavy (non-hydrogen) atoms. The topological polar surface area (TPSA) is 103 Å². The number of nitrogens with one attached hydrogen (secondary N) is 2. The average molecular weight is 338 g/mol. The molecule has 2 aromatic rings. The minimum Gasteiger partial charge on any atom is -0.504 e. The van der Waals surface area contributed by atoms with Crippen molar-refractivity contribution in [3.63, 3.8) is 0 Å². The number of hydrogen-bond donors (Lipinski definition) is 3. The van der Waals surface area contributed by atoms with Crippen LogP contribution in [0.4, 0.5) is 0 Å². The molecule has 2 atom stereocenters. The number of amides is 2. The van der Waals surface area contributed by atoms with Gasteiger partial charge in [-0.1, -0.05) is 12.1 Å². The highest BCUT2D eigenvalue weighted by molar-refractivity contribution is 6.13. The number of phenolic OH excluding ortho intramolecular Hbond substituents is 1. The molecular weight excluding hydrogens is 322 g/mol. The van der Waals surface area contributed by atoms with Crippen LogP contribution in [0, 0.1) is 5.41 Å². The molecule has 126 valence electrons. The van der Waals surface area contributed by atoms with Gasteiger partial charge in [0.15, 0.2) is 23.9 Å². The van der Waals surface area contributed by atoms with E-state index in [0.29, 0.717) is 5.56 Å². The number of ether oxygens (including phenoxy) is 1. The maximum Gasteiger partial charge on any atom is 0.296 e. The van der Waals surface area contributed by atoms with Crippen LogP contribution in [0.25, 0.3) is 0 Å². The second kappa shape index (κ2) is 6.59. The van der Waals surface area contributed by atoms with Crippen LogP contribution in [0.5, 0.6) is 11.5 Å². The average Bonchev–Trinajstić information content (AvgIpc) is 2.62. The Morgan fingerprint density at radius 2 is 1.96 bits per heavy atom. The summed E-state index contributed by atoms with van der Waals surface area (Å²) >= 11 is 0. The van der Waals surface area contributed by atoms with Gasteiger partial charge in [-0.25, -0.2) is 0 Å². The quantitative estimate of drug-likeness (QED) is 0.334. The van der Waals surface area contributed by atoms with E-state index >= 15 is 0 Å². The molecule has 1 saturated heterocycles. The number of pyridine rings is 1. The lowest BCUT2D eigenvalue weighted by Crippen LogP contribution is -2.57. The van der Waals surface area contributed by atoms with Gasteiger partial charge in [0.05, 0.1) is 18.6 Å². The fraction of sp³-hybridized carbons (Fsp3) is 0.167. The fourth-order valence-corrected chi connectivity index (χ4v) is 2.98. The Hall–Kier alpha value is -3.44. The fourth-order valence-electron chi connectivity index (χ4n) is 2.98. The number of phenols is 1. The molecule has 7 nitrogen and oxygen atoms in total. The molecule has 0 radical (unpaired) electrons. The summed E-state index contributed by atoms with van der Waals surface area (Å²) in [5.74, 6) is 0.468. The number of nitrogens with zero attached hydrogens (tertiary/aromatic N) is 1. The van der Waals surface area contributed by atoms with Crippen LogP contribution in [-0.2, 0) is 9.59 Å². The summed E-state index contributed by atoms with van der Waals surface area (Å²) in [6, 6.07) is 9.16. The zero-order valence-corrected chi connectivity index (χ0v) is 13.4. The Kier molecular flexibility index (Phi) is 4.33. The first-order valence-corrected chi connectivity index (χ1v) is 7.54. The number of benzene rings is 1. The van der Waals surface area contributed by atoms with Crippen molar-refractivity contribution < 1.29 is 24.0 Å². The molecule has 3 N–H and O–H groups in total. The highest BCUT2D eigenvalue weighted by atomic mass is 16.5. The van der Waals surface area contributed by atoms with Gasteiger partial charge in [0, 0.05) is 12.1 Å². The van der Waals surface area contributed by atoms with Crippen molar-refractivity contribution in [1.29, 1.82) is 5.41 Å². The van der Waals surface area contributed by atoms with Crippen molar-refractivity contribution in [1.82, 2.24) is 5.32 Å². The first-order valence-electron chi connectivity index (χ1n) is 7.54. The van der Waals surface area contributed by atoms with E-state index in [1.165, 1.54) is 13.2 Å². The standard InChI is InChI=1S/C18H15N3O4/c1-25-14-9-11(5-6-13(14)22)15-12(10-19)17(23)20-18(24)16(15)21-7-3-2-4-8-21/h2-9,15-16,19H,1H3,(H-,20,22,23,24)/p+1. The van der Waals surface area contributed by atoms with Gasteiger partial charge in [0.2, 0.25) is 6.04 Å². The highest BCUT2D eigenvalue weighted by Crippen LogP contribution is 2.38. The number of aromatic nitrogens is 1. The monoisotopic (exact) mass is 338 g/mol. The molecule has 0 bridgehead atoms. The van der Waals surface area contributed by atoms with E-state index < -0.39 is 23.8 Å². The van der Waals surface area contributed by atoms with E-state index in [4.69, 9.17) is 10.1 Å². The maximum absolute atomic E-state index is 12.5. The SMILES string of the molecule is COc1cc(C2C(=C=N)C(=O)NC(=O)C2[n+]2ccccc2)ccc1O. The van der Waals surface area contributed by atoms with Crippen molar-refractivity contribution >= 4 is 17.7 Å². The van der Waals surface area contributed by atoms with Gasteiger partial charge < -0.3 is 9.84 Å². The van der Waals surface area contributed by atoms with Crippen LogP contribution >= 0.6 is 0 Å². The molecular formula is C18H16N3O4+. The van der Waals surface area contributed by atoms with Gasteiger partial charge >= 0.3 is 0 Å². The number of imide groups is 1. The van der Waals surface area contributed by atoms with Crippen LogP contribution in [0.3, 0.4) is 0 Å². The molecule has 1 aromatic heterocycles. The first kappa shape index (κ1) is 16.4. The largest absolute Gasteiger partial charge is 0.504 e. The van der Waals surface area contributed by atoms with E-state index in [-0.39, 0.29) is 17.1 Å². The summed E-state index contributed by atoms with van der Waals surface area (Å²) < 4.78 is 6.79. The number of carbonyl (C=O) groups is 2. The summed E-state index contributed by atoms with van der Waals surface area (Å²) in [4.78, 5) is 24.7. The number of aromatic hydroxyl groups is 1. The molecule has 0 aliphatic carbocycles. The van der Waals surface area contributed by atoms with E-state index in [2.05, 4.69) is 11.2 Å². The first-order chi connectivity index (χ1) is 12.1. The summed E-state index contributed by atoms with van der Waals surface area (Å²) in [6.45, 7) is 0. The molecule has 1 aliphatic heterocycles. The summed E-state index contributed by atoms with van der Waals surface area (Å²) in [5.41, 5.74) is 0.600. The van der Waals surface area contributed by atoms with Crippen LogP contribution in [0.15, 0.2) is 54.4 Å². The molecule has 0 spiro atoms. The highest BCUT2D eigenvalue weighted by Gasteiger charge is 2.47. The van der Waals surface area contributed by atoms with Crippen LogP contribution in [0.2, 0.25) is 0 Å². The van der Waals surface area contributed by atoms with Gasteiger partial charge in [-0.15, -0.1) is 0 Å². The van der Waals surface area contributed by atoms with Crippen LogP contribution in [-0.4, -0.2) is 29.9 Å². The summed E-state index contributed by atoms with van der Waals surface area (Å²) in [5, 5.41) is 19.6. The molecule has 2 heterocycles. The van der Waals surface area contributed by atoms with E-state index in [0.717, 1.165) is 0 Å². The van der Waals surface area contributed by atoms with Crippen LogP contribution < -0.4 is 14.6 Å². The molecule has 0 saturated carbocycles. The number of piperidine rings is 1. The van der Waals surface area contributed by atoms with Crippen molar-refractivity contribution in [2.24, 2.45) is 0 Å². The Labute approximate surface area is 143 Å². The molecule has 2 amide bonds. The lowest BCUT2D eigenvalue weighted by atomic mass is 9.81. The van der Waals surface area contributed by atoms with Gasteiger partial charge in [-0.2, -0.15) is 4.57 Å². The third kappa shape index (κ3) is 2.88. The molecule has 2 unspecified atom stereocenters. The van der Waals surface area contributed by atoms with Gasteiger partial charge in [-0.3, -0.25) is 20.3 Å². The summed E-state index contributed by atoms with van der Waals surface area (Å²) in [7, 11) is 1.41. The number of rotatable bonds is 3. The predicted molar refractivity (Wildman–Crippen MR) is 87.5 cm³/mol. The second-order valence-corrected chi connectivity index (χ2v) is 5.53. The van der Waals surface area contributed by atoms with E-state index in [9.17, 15) is 14.7 Å². The Bertz CT molecular complexity index is 888. The Morgan fingerprint density at radius 1 is 1.24 bits per heavy atom. The molecule has 7 heteroatoms. The zero-order valence-electron chi connectivity index (χ0n) is 13.4. The number of carbonyl (C=O) groups excluding carboxylic acids is 2. The summed E-state index contributed by atoms with van der Waals surface area (Å²) in [6.07, 6.45) is 3.43. The minimum absolute atomic E-state index is 0.0358. The number of hydrogen-bond acceptors (Lipinski definition) is 5. The lowest BCUT2D eigenvalue weighted by Gasteiger charge is -2.27. The van der Waals surface area contributed by atoms with Gasteiger partial charge in [-0.05, 0) is 23.6 Å². The number of methoxy groups -OCH3 is 1. The smallest absolute Gasteiger partial charge is 0.296 e. The van der Waals surface area contributed by atoms with E-state index in [1.54, 1.807) is 41.2 Å². The third-order valence-corrected chi connectivity index (χ3v) is 4.13. The minimum atomic E-state index is -0.777. The molecule has 1 fully saturated rings. The predicted octanol–water partition coefficient (Wildman–Crippen LogP) is 0.844. The van der Waals surface area contributed by atoms with Crippen molar-refractivity contribution in [3.05, 3.63) is 59.9 Å². The normalized spacial score (nSPS) is 20.0. The Balaban J connectivity index is 2.20. The van der Waals surface area contributed by atoms with Crippen molar-refractivity contribution in [2.45, 2.75) is 12.0 Å². The Morgan fingerprint density at radius 3 is 2.60 bits per heavy atom. The van der Waals surface area contributed by atoms with Gasteiger partial charge in [0.25, 0.3) is 11.8 Å². The maximum atomic E-state index is 12.5. The van der Waals surface area contributed by atoms with Gasteiger partial charge in [0.1, 0.15) is 0 Å². The molecule has 1 aliphatic rings. The third-order valence-electron chi connectivity index (χ3n) is 4.13. The van der Waals surface area contributed by atoms with Crippen LogP contribution in [0.1, 0.15) is 17.5 Å².